The van der Waals surface area contributed by atoms with Gasteiger partial charge in [-0.05, 0) is 43.9 Å². The Morgan fingerprint density at radius 2 is 1.93 bits per heavy atom. The predicted molar refractivity (Wildman–Crippen MR) is 60.7 cm³/mol. The summed E-state index contributed by atoms with van der Waals surface area (Å²) < 4.78 is 0. The molecule has 1 N–H and O–H groups in total. The first-order valence-corrected chi connectivity index (χ1v) is 6.75. The minimum atomic E-state index is -0.00197. The van der Waals surface area contributed by atoms with E-state index < -0.39 is 0 Å². The van der Waals surface area contributed by atoms with Gasteiger partial charge in [-0.2, -0.15) is 0 Å². The van der Waals surface area contributed by atoms with Crippen LogP contribution in [-0.2, 0) is 0 Å². The van der Waals surface area contributed by atoms with E-state index in [2.05, 4.69) is 4.90 Å². The van der Waals surface area contributed by atoms with Gasteiger partial charge in [0, 0.05) is 19.1 Å². The average Bonchev–Trinajstić information content (AvgIpc) is 2.83. The quantitative estimate of drug-likeness (QED) is 0.752. The van der Waals surface area contributed by atoms with E-state index in [1.807, 2.05) is 0 Å². The van der Waals surface area contributed by atoms with Crippen LogP contribution in [0.5, 0.6) is 0 Å². The zero-order chi connectivity index (χ0) is 10.3. The molecule has 0 spiro atoms. The van der Waals surface area contributed by atoms with Gasteiger partial charge >= 0.3 is 0 Å². The fraction of sp³-hybridized carbons (Fsp3) is 1.00. The third kappa shape index (κ3) is 1.94. The van der Waals surface area contributed by atoms with Crippen LogP contribution in [0.1, 0.15) is 44.9 Å². The molecular formula is C13H23NO. The lowest BCUT2D eigenvalue weighted by atomic mass is 9.86. The number of fused-ring (bicyclic) bond motifs is 2. The molecule has 0 radical (unpaired) electrons. The Morgan fingerprint density at radius 3 is 2.60 bits per heavy atom. The van der Waals surface area contributed by atoms with Crippen molar-refractivity contribution >= 4 is 0 Å². The van der Waals surface area contributed by atoms with Gasteiger partial charge in [0.1, 0.15) is 0 Å². The SMILES string of the molecule is OC1CCCCC1CN1CC2CCC1C2. The van der Waals surface area contributed by atoms with E-state index in [9.17, 15) is 5.11 Å². The van der Waals surface area contributed by atoms with E-state index in [4.69, 9.17) is 0 Å². The molecule has 1 heterocycles. The van der Waals surface area contributed by atoms with Crippen molar-refractivity contribution in [1.82, 2.24) is 4.90 Å². The Kier molecular flexibility index (Phi) is 2.73. The molecule has 86 valence electrons. The number of nitrogens with zero attached hydrogens (tertiary/aromatic N) is 1. The highest BCUT2D eigenvalue weighted by Gasteiger charge is 2.39. The number of hydrogen-bond donors (Lipinski definition) is 1. The Labute approximate surface area is 92.7 Å². The number of rotatable bonds is 2. The van der Waals surface area contributed by atoms with Gasteiger partial charge in [-0.15, -0.1) is 0 Å². The van der Waals surface area contributed by atoms with Crippen molar-refractivity contribution in [3.63, 3.8) is 0 Å². The first-order chi connectivity index (χ1) is 7.33. The van der Waals surface area contributed by atoms with E-state index >= 15 is 0 Å². The molecule has 0 amide bonds. The lowest BCUT2D eigenvalue weighted by molar-refractivity contribution is 0.0395. The molecule has 2 aliphatic carbocycles. The maximum Gasteiger partial charge on any atom is 0.0580 e. The topological polar surface area (TPSA) is 23.5 Å². The summed E-state index contributed by atoms with van der Waals surface area (Å²) in [7, 11) is 0. The normalized spacial score (nSPS) is 46.2. The molecular weight excluding hydrogens is 186 g/mol. The lowest BCUT2D eigenvalue weighted by Gasteiger charge is -2.35. The Morgan fingerprint density at radius 1 is 1.07 bits per heavy atom. The summed E-state index contributed by atoms with van der Waals surface area (Å²) in [4.78, 5) is 2.67. The number of piperidine rings is 1. The van der Waals surface area contributed by atoms with Crippen LogP contribution < -0.4 is 0 Å². The van der Waals surface area contributed by atoms with Crippen molar-refractivity contribution in [3.8, 4) is 0 Å². The van der Waals surface area contributed by atoms with Crippen LogP contribution in [0, 0.1) is 11.8 Å². The zero-order valence-corrected chi connectivity index (χ0v) is 9.57. The highest BCUT2D eigenvalue weighted by molar-refractivity contribution is 4.93. The first kappa shape index (κ1) is 10.1. The second kappa shape index (κ2) is 4.06. The van der Waals surface area contributed by atoms with E-state index in [-0.39, 0.29) is 6.10 Å². The standard InChI is InChI=1S/C13H23NO/c15-13-4-2-1-3-11(13)9-14-8-10-5-6-12(14)7-10/h10-13,15H,1-9H2. The van der Waals surface area contributed by atoms with Crippen molar-refractivity contribution < 1.29 is 5.11 Å². The molecule has 4 unspecified atom stereocenters. The second-order valence-corrected chi connectivity index (χ2v) is 5.90. The number of hydrogen-bond acceptors (Lipinski definition) is 2. The number of aliphatic hydroxyl groups excluding tert-OH is 1. The van der Waals surface area contributed by atoms with Crippen LogP contribution in [0.15, 0.2) is 0 Å². The minimum Gasteiger partial charge on any atom is -0.393 e. The van der Waals surface area contributed by atoms with Crippen LogP contribution in [0.2, 0.25) is 0 Å². The number of aliphatic hydroxyl groups is 1. The minimum absolute atomic E-state index is 0.00197. The zero-order valence-electron chi connectivity index (χ0n) is 9.57. The lowest BCUT2D eigenvalue weighted by Crippen LogP contribution is -2.40. The largest absolute Gasteiger partial charge is 0.393 e. The van der Waals surface area contributed by atoms with E-state index in [1.165, 1.54) is 51.6 Å². The van der Waals surface area contributed by atoms with Gasteiger partial charge in [-0.1, -0.05) is 12.8 Å². The number of likely N-dealkylation sites (tertiary alicyclic amines) is 1. The van der Waals surface area contributed by atoms with E-state index in [0.717, 1.165) is 18.4 Å². The van der Waals surface area contributed by atoms with Crippen molar-refractivity contribution in [2.24, 2.45) is 11.8 Å². The maximum atomic E-state index is 9.97. The third-order valence-electron chi connectivity index (χ3n) is 4.86. The summed E-state index contributed by atoms with van der Waals surface area (Å²) in [6.45, 7) is 2.51. The van der Waals surface area contributed by atoms with Gasteiger partial charge in [0.2, 0.25) is 0 Å². The molecule has 4 atom stereocenters. The van der Waals surface area contributed by atoms with Gasteiger partial charge in [-0.25, -0.2) is 0 Å². The fourth-order valence-electron chi connectivity index (χ4n) is 3.95. The highest BCUT2D eigenvalue weighted by atomic mass is 16.3. The van der Waals surface area contributed by atoms with Crippen molar-refractivity contribution in [1.29, 1.82) is 0 Å². The molecule has 3 fully saturated rings. The Bertz CT molecular complexity index is 231. The predicted octanol–water partition coefficient (Wildman–Crippen LogP) is 2.02. The Hall–Kier alpha value is -0.0800. The van der Waals surface area contributed by atoms with Gasteiger partial charge in [0.05, 0.1) is 6.10 Å². The molecule has 0 aromatic carbocycles. The van der Waals surface area contributed by atoms with Crippen LogP contribution in [0.3, 0.4) is 0 Å². The van der Waals surface area contributed by atoms with Crippen molar-refractivity contribution in [2.75, 3.05) is 13.1 Å². The summed E-state index contributed by atoms with van der Waals surface area (Å²) in [5.74, 6) is 1.58. The molecule has 0 aromatic heterocycles. The van der Waals surface area contributed by atoms with Gasteiger partial charge in [-0.3, -0.25) is 4.90 Å². The summed E-state index contributed by atoms with van der Waals surface area (Å²) in [6.07, 6.45) is 9.22. The molecule has 2 saturated carbocycles. The van der Waals surface area contributed by atoms with Crippen molar-refractivity contribution in [2.45, 2.75) is 57.1 Å². The first-order valence-electron chi connectivity index (χ1n) is 6.75. The molecule has 2 nitrogen and oxygen atoms in total. The average molecular weight is 209 g/mol. The summed E-state index contributed by atoms with van der Waals surface area (Å²) >= 11 is 0. The molecule has 2 heteroatoms. The van der Waals surface area contributed by atoms with Crippen LogP contribution in [0.25, 0.3) is 0 Å². The smallest absolute Gasteiger partial charge is 0.0580 e. The molecule has 2 bridgehead atoms. The van der Waals surface area contributed by atoms with Gasteiger partial charge in [0.15, 0.2) is 0 Å². The molecule has 15 heavy (non-hydrogen) atoms. The summed E-state index contributed by atoms with van der Waals surface area (Å²) in [6, 6.07) is 0.879. The van der Waals surface area contributed by atoms with Gasteiger partial charge < -0.3 is 5.11 Å². The van der Waals surface area contributed by atoms with E-state index in [0.29, 0.717) is 5.92 Å². The Balaban J connectivity index is 1.56. The molecule has 1 saturated heterocycles. The highest BCUT2D eigenvalue weighted by Crippen LogP contribution is 2.38. The van der Waals surface area contributed by atoms with Crippen LogP contribution in [0.4, 0.5) is 0 Å². The third-order valence-corrected chi connectivity index (χ3v) is 4.86. The fourth-order valence-corrected chi connectivity index (χ4v) is 3.95. The molecule has 0 aromatic rings. The monoisotopic (exact) mass is 209 g/mol. The molecule has 1 aliphatic heterocycles. The maximum absolute atomic E-state index is 9.97. The van der Waals surface area contributed by atoms with Crippen LogP contribution in [-0.4, -0.2) is 35.2 Å². The second-order valence-electron chi connectivity index (χ2n) is 5.90. The van der Waals surface area contributed by atoms with Gasteiger partial charge in [0.25, 0.3) is 0 Å². The summed E-state index contributed by atoms with van der Waals surface area (Å²) in [5.41, 5.74) is 0. The van der Waals surface area contributed by atoms with E-state index in [1.54, 1.807) is 0 Å². The van der Waals surface area contributed by atoms with Crippen LogP contribution >= 0.6 is 0 Å². The summed E-state index contributed by atoms with van der Waals surface area (Å²) in [5, 5.41) is 9.97. The molecule has 3 rings (SSSR count). The van der Waals surface area contributed by atoms with Crippen molar-refractivity contribution in [3.05, 3.63) is 0 Å². The molecule has 3 aliphatic rings.